The third kappa shape index (κ3) is 3.50. The van der Waals surface area contributed by atoms with Gasteiger partial charge in [-0.1, -0.05) is 58.3 Å². The summed E-state index contributed by atoms with van der Waals surface area (Å²) in [7, 11) is 0. The zero-order chi connectivity index (χ0) is 25.0. The number of nitrogens with zero attached hydrogens (tertiary/aromatic N) is 2. The van der Waals surface area contributed by atoms with Crippen LogP contribution in [-0.2, 0) is 23.9 Å². The van der Waals surface area contributed by atoms with E-state index in [0.717, 1.165) is 25.7 Å². The Kier molecular flexibility index (Phi) is 6.33. The number of esters is 1. The first-order valence-corrected chi connectivity index (χ1v) is 13.3. The van der Waals surface area contributed by atoms with E-state index >= 15 is 0 Å². The number of hydrogen-bond acceptors (Lipinski definition) is 6. The van der Waals surface area contributed by atoms with Crippen LogP contribution < -0.4 is 0 Å². The van der Waals surface area contributed by atoms with E-state index < -0.39 is 41.1 Å². The molecule has 5 rings (SSSR count). The number of ether oxygens (including phenoxy) is 2. The van der Waals surface area contributed by atoms with Gasteiger partial charge in [0.15, 0.2) is 0 Å². The van der Waals surface area contributed by atoms with Crippen LogP contribution in [0.4, 0.5) is 0 Å². The number of hydrogen-bond donors (Lipinski definition) is 1. The number of cyclic esters (lactones) is 1. The number of likely N-dealkylation sites (tertiary alicyclic amines) is 1. The minimum Gasteiger partial charge on any atom is -0.461 e. The van der Waals surface area contributed by atoms with Gasteiger partial charge in [0.1, 0.15) is 29.8 Å². The van der Waals surface area contributed by atoms with Gasteiger partial charge in [-0.25, -0.2) is 0 Å². The largest absolute Gasteiger partial charge is 0.461 e. The van der Waals surface area contributed by atoms with Gasteiger partial charge in [-0.3, -0.25) is 14.4 Å². The van der Waals surface area contributed by atoms with Gasteiger partial charge in [0, 0.05) is 12.6 Å². The Morgan fingerprint density at radius 2 is 1.80 bits per heavy atom. The van der Waals surface area contributed by atoms with Crippen LogP contribution in [0.5, 0.6) is 0 Å². The van der Waals surface area contributed by atoms with Crippen LogP contribution in [0.1, 0.15) is 59.3 Å². The molecule has 5 aliphatic rings. The molecular formula is C27H38N2O6. The molecule has 3 fully saturated rings. The van der Waals surface area contributed by atoms with Crippen molar-refractivity contribution in [2.45, 2.75) is 88.6 Å². The maximum Gasteiger partial charge on any atom is 0.313 e. The topological polar surface area (TPSA) is 96.4 Å². The average Bonchev–Trinajstić information content (AvgIpc) is 3.12. The van der Waals surface area contributed by atoms with Crippen LogP contribution in [0.25, 0.3) is 0 Å². The van der Waals surface area contributed by atoms with Crippen molar-refractivity contribution in [2.24, 2.45) is 17.8 Å². The molecule has 0 bridgehead atoms. The average molecular weight is 487 g/mol. The maximum atomic E-state index is 14.4. The fourth-order valence-corrected chi connectivity index (χ4v) is 7.25. The molecule has 2 saturated heterocycles. The SMILES string of the molecule is CC[C@@]12C=CCOC(=O)[C@@H]1[C@H]1C(=O)N([C@@H](CO)C(C)C)C3C(=O)N(C4CCCCC4)CC=C[C@@]31O2. The fourth-order valence-electron chi connectivity index (χ4n) is 7.25. The molecule has 6 atom stereocenters. The van der Waals surface area contributed by atoms with Crippen LogP contribution in [0.15, 0.2) is 24.3 Å². The number of amides is 2. The van der Waals surface area contributed by atoms with E-state index in [1.54, 1.807) is 11.0 Å². The maximum absolute atomic E-state index is 14.4. The van der Waals surface area contributed by atoms with Gasteiger partial charge in [-0.2, -0.15) is 0 Å². The molecule has 0 aromatic rings. The third-order valence-corrected chi connectivity index (χ3v) is 8.99. The van der Waals surface area contributed by atoms with Crippen LogP contribution in [-0.4, -0.2) is 81.8 Å². The molecule has 1 saturated carbocycles. The molecule has 4 heterocycles. The van der Waals surface area contributed by atoms with E-state index in [2.05, 4.69) is 0 Å². The second-order valence-corrected chi connectivity index (χ2v) is 11.1. The Morgan fingerprint density at radius 1 is 1.06 bits per heavy atom. The quantitative estimate of drug-likeness (QED) is 0.473. The molecule has 8 nitrogen and oxygen atoms in total. The van der Waals surface area contributed by atoms with Crippen molar-refractivity contribution in [3.8, 4) is 0 Å². The van der Waals surface area contributed by atoms with E-state index in [-0.39, 0.29) is 37.0 Å². The number of rotatable bonds is 5. The van der Waals surface area contributed by atoms with Gasteiger partial charge < -0.3 is 24.4 Å². The Hall–Kier alpha value is -2.19. The van der Waals surface area contributed by atoms with E-state index in [9.17, 15) is 19.5 Å². The minimum absolute atomic E-state index is 0.0834. The molecule has 35 heavy (non-hydrogen) atoms. The van der Waals surface area contributed by atoms with Crippen molar-refractivity contribution < 1.29 is 29.0 Å². The second-order valence-electron chi connectivity index (χ2n) is 11.1. The second kappa shape index (κ2) is 9.04. The number of fused-ring (bicyclic) bond motifs is 2. The molecule has 2 amide bonds. The van der Waals surface area contributed by atoms with Crippen molar-refractivity contribution in [1.82, 2.24) is 9.80 Å². The highest BCUT2D eigenvalue weighted by atomic mass is 16.6. The molecule has 1 N–H and O–H groups in total. The fraction of sp³-hybridized carbons (Fsp3) is 0.741. The monoisotopic (exact) mass is 486 g/mol. The lowest BCUT2D eigenvalue weighted by atomic mass is 9.73. The number of aliphatic hydroxyl groups excluding tert-OH is 1. The summed E-state index contributed by atoms with van der Waals surface area (Å²) in [6.07, 6.45) is 13.2. The molecule has 192 valence electrons. The van der Waals surface area contributed by atoms with Crippen LogP contribution in [0, 0.1) is 17.8 Å². The van der Waals surface area contributed by atoms with Crippen LogP contribution >= 0.6 is 0 Å². The normalized spacial score (nSPS) is 38.2. The highest BCUT2D eigenvalue weighted by Crippen LogP contribution is 2.59. The van der Waals surface area contributed by atoms with Gasteiger partial charge in [-0.05, 0) is 31.3 Å². The van der Waals surface area contributed by atoms with Crippen LogP contribution in [0.3, 0.4) is 0 Å². The lowest BCUT2D eigenvalue weighted by Gasteiger charge is -2.43. The Morgan fingerprint density at radius 3 is 2.46 bits per heavy atom. The Balaban J connectivity index is 1.66. The number of carbonyl (C=O) groups is 3. The summed E-state index contributed by atoms with van der Waals surface area (Å²) in [4.78, 5) is 45.4. The Labute approximate surface area is 207 Å². The zero-order valence-corrected chi connectivity index (χ0v) is 21.0. The van der Waals surface area contributed by atoms with Crippen LogP contribution in [0.2, 0.25) is 0 Å². The summed E-state index contributed by atoms with van der Waals surface area (Å²) in [5.74, 6) is -2.74. The summed E-state index contributed by atoms with van der Waals surface area (Å²) in [6.45, 7) is 6.13. The van der Waals surface area contributed by atoms with Crippen molar-refractivity contribution in [3.63, 3.8) is 0 Å². The zero-order valence-electron chi connectivity index (χ0n) is 21.0. The summed E-state index contributed by atoms with van der Waals surface area (Å²) < 4.78 is 12.3. The van der Waals surface area contributed by atoms with Crippen molar-refractivity contribution in [3.05, 3.63) is 24.3 Å². The first kappa shape index (κ1) is 24.5. The summed E-state index contributed by atoms with van der Waals surface area (Å²) in [6, 6.07) is -1.37. The van der Waals surface area contributed by atoms with E-state index in [4.69, 9.17) is 9.47 Å². The van der Waals surface area contributed by atoms with E-state index in [1.165, 1.54) is 6.42 Å². The number of carbonyl (C=O) groups excluding carboxylic acids is 3. The molecular weight excluding hydrogens is 448 g/mol. The molecule has 1 aliphatic carbocycles. The molecule has 1 spiro atoms. The number of aliphatic hydroxyl groups is 1. The van der Waals surface area contributed by atoms with Gasteiger partial charge in [0.2, 0.25) is 11.8 Å². The Bertz CT molecular complexity index is 940. The van der Waals surface area contributed by atoms with Gasteiger partial charge in [0.05, 0.1) is 18.6 Å². The molecule has 4 aliphatic heterocycles. The smallest absolute Gasteiger partial charge is 0.313 e. The van der Waals surface area contributed by atoms with Gasteiger partial charge in [0.25, 0.3) is 0 Å². The lowest BCUT2D eigenvalue weighted by Crippen LogP contribution is -2.61. The minimum atomic E-state index is -1.29. The molecule has 0 aromatic heterocycles. The van der Waals surface area contributed by atoms with E-state index in [0.29, 0.717) is 13.0 Å². The van der Waals surface area contributed by atoms with E-state index in [1.807, 2.05) is 43.9 Å². The molecule has 8 heteroatoms. The van der Waals surface area contributed by atoms with Crippen molar-refractivity contribution >= 4 is 17.8 Å². The predicted molar refractivity (Wildman–Crippen MR) is 128 cm³/mol. The van der Waals surface area contributed by atoms with Gasteiger partial charge >= 0.3 is 5.97 Å². The third-order valence-electron chi connectivity index (χ3n) is 8.99. The standard InChI is InChI=1S/C27H38N2O6/c1-4-26-12-9-15-34-25(33)21(26)20-23(31)29(19(16-30)17(2)3)22-24(32)28(18-10-6-5-7-11-18)14-8-13-27(20,22)35-26/h8-9,12-13,17-22,30H,4-7,10-11,14-16H2,1-3H3/t19-,20-,21-,22?,26+,27-/m0/s1. The van der Waals surface area contributed by atoms with Crippen molar-refractivity contribution in [1.29, 1.82) is 0 Å². The molecule has 0 aromatic carbocycles. The van der Waals surface area contributed by atoms with Gasteiger partial charge in [-0.15, -0.1) is 0 Å². The predicted octanol–water partition coefficient (Wildman–Crippen LogP) is 2.21. The highest BCUT2D eigenvalue weighted by molar-refractivity contribution is 5.99. The first-order chi connectivity index (χ1) is 16.8. The highest BCUT2D eigenvalue weighted by Gasteiger charge is 2.76. The molecule has 0 radical (unpaired) electrons. The van der Waals surface area contributed by atoms with Crippen molar-refractivity contribution in [2.75, 3.05) is 19.8 Å². The summed E-state index contributed by atoms with van der Waals surface area (Å²) >= 11 is 0. The summed E-state index contributed by atoms with van der Waals surface area (Å²) in [5.41, 5.74) is -2.31. The lowest BCUT2D eigenvalue weighted by molar-refractivity contribution is -0.162. The first-order valence-electron chi connectivity index (χ1n) is 13.3. The summed E-state index contributed by atoms with van der Waals surface area (Å²) in [5, 5.41) is 10.3. The molecule has 1 unspecified atom stereocenters.